The Balaban J connectivity index is 1.51. The molecule has 150 valence electrons. The van der Waals surface area contributed by atoms with Crippen LogP contribution in [0.25, 0.3) is 0 Å². The van der Waals surface area contributed by atoms with Crippen LogP contribution in [0.4, 0.5) is 14.5 Å². The second-order valence-electron chi connectivity index (χ2n) is 7.44. The number of anilines is 1. The van der Waals surface area contributed by atoms with Crippen molar-refractivity contribution in [1.29, 1.82) is 0 Å². The van der Waals surface area contributed by atoms with Crippen molar-refractivity contribution in [3.63, 3.8) is 0 Å². The third kappa shape index (κ3) is 4.68. The van der Waals surface area contributed by atoms with E-state index in [1.165, 1.54) is 28.9 Å². The highest BCUT2D eigenvalue weighted by Gasteiger charge is 2.21. The normalized spacial score (nSPS) is 16.1. The number of hydrogen-bond acceptors (Lipinski definition) is 3. The first-order valence-corrected chi connectivity index (χ1v) is 9.63. The molecule has 1 heterocycles. The van der Waals surface area contributed by atoms with E-state index in [0.717, 1.165) is 32.2 Å². The number of aryl methyl sites for hydroxylation is 1. The van der Waals surface area contributed by atoms with Crippen LogP contribution in [0.2, 0.25) is 0 Å². The predicted molar refractivity (Wildman–Crippen MR) is 107 cm³/mol. The number of hydrogen-bond donors (Lipinski definition) is 1. The van der Waals surface area contributed by atoms with Crippen molar-refractivity contribution in [2.24, 2.45) is 0 Å². The Labute approximate surface area is 165 Å². The molecule has 0 saturated carbocycles. The molecule has 0 radical (unpaired) electrons. The smallest absolute Gasteiger partial charge is 0.234 e. The maximum Gasteiger partial charge on any atom is 0.234 e. The molecule has 0 unspecified atom stereocenters. The molecular weight excluding hydrogens is 360 g/mol. The van der Waals surface area contributed by atoms with Gasteiger partial charge in [-0.15, -0.1) is 0 Å². The number of carbonyl (C=O) groups is 1. The van der Waals surface area contributed by atoms with Gasteiger partial charge in [-0.05, 0) is 44.0 Å². The number of nitrogens with one attached hydrogen (secondary N) is 1. The summed E-state index contributed by atoms with van der Waals surface area (Å²) in [6.45, 7) is 9.53. The minimum absolute atomic E-state index is 0.156. The molecule has 2 aromatic carbocycles. The number of benzene rings is 2. The predicted octanol–water partition coefficient (Wildman–Crippen LogP) is 3.58. The molecule has 0 spiro atoms. The third-order valence-electron chi connectivity index (χ3n) is 5.46. The zero-order valence-corrected chi connectivity index (χ0v) is 16.6. The quantitative estimate of drug-likeness (QED) is 0.852. The Morgan fingerprint density at radius 2 is 1.82 bits per heavy atom. The topological polar surface area (TPSA) is 35.6 Å². The fourth-order valence-electron chi connectivity index (χ4n) is 3.65. The Morgan fingerprint density at radius 1 is 1.11 bits per heavy atom. The van der Waals surface area contributed by atoms with E-state index in [1.54, 1.807) is 6.92 Å². The van der Waals surface area contributed by atoms with E-state index in [2.05, 4.69) is 47.2 Å². The minimum atomic E-state index is -0.644. The van der Waals surface area contributed by atoms with E-state index in [9.17, 15) is 13.6 Å². The average Bonchev–Trinajstić information content (AvgIpc) is 2.64. The lowest BCUT2D eigenvalue weighted by molar-refractivity contribution is -0.123. The molecule has 1 aliphatic rings. The number of halogens is 2. The van der Waals surface area contributed by atoms with Gasteiger partial charge >= 0.3 is 0 Å². The van der Waals surface area contributed by atoms with E-state index in [4.69, 9.17) is 0 Å². The van der Waals surface area contributed by atoms with Crippen molar-refractivity contribution in [1.82, 2.24) is 10.2 Å². The summed E-state index contributed by atoms with van der Waals surface area (Å²) in [5.74, 6) is -1.42. The van der Waals surface area contributed by atoms with Crippen LogP contribution in [0.1, 0.15) is 29.7 Å². The monoisotopic (exact) mass is 387 g/mol. The highest BCUT2D eigenvalue weighted by Crippen LogP contribution is 2.24. The first-order valence-electron chi connectivity index (χ1n) is 9.63. The van der Waals surface area contributed by atoms with Gasteiger partial charge in [-0.3, -0.25) is 9.69 Å². The number of piperazine rings is 1. The van der Waals surface area contributed by atoms with E-state index in [-0.39, 0.29) is 18.0 Å². The summed E-state index contributed by atoms with van der Waals surface area (Å²) in [6.07, 6.45) is 0. The van der Waals surface area contributed by atoms with Crippen molar-refractivity contribution in [3.05, 3.63) is 64.7 Å². The van der Waals surface area contributed by atoms with Gasteiger partial charge in [0.05, 0.1) is 12.6 Å². The van der Waals surface area contributed by atoms with Crippen molar-refractivity contribution < 1.29 is 13.6 Å². The van der Waals surface area contributed by atoms with E-state index in [1.807, 2.05) is 0 Å². The summed E-state index contributed by atoms with van der Waals surface area (Å²) >= 11 is 0. The van der Waals surface area contributed by atoms with Gasteiger partial charge in [0.15, 0.2) is 0 Å². The summed E-state index contributed by atoms with van der Waals surface area (Å²) in [5.41, 5.74) is 4.11. The molecule has 2 aromatic rings. The molecule has 1 atom stereocenters. The maximum atomic E-state index is 13.9. The van der Waals surface area contributed by atoms with Gasteiger partial charge in [-0.25, -0.2) is 8.78 Å². The van der Waals surface area contributed by atoms with Gasteiger partial charge in [-0.1, -0.05) is 18.2 Å². The van der Waals surface area contributed by atoms with Crippen LogP contribution in [-0.2, 0) is 4.79 Å². The van der Waals surface area contributed by atoms with E-state index in [0.29, 0.717) is 0 Å². The van der Waals surface area contributed by atoms with Gasteiger partial charge in [0, 0.05) is 43.5 Å². The number of carbonyl (C=O) groups excluding carboxylic acids is 1. The lowest BCUT2D eigenvalue weighted by Crippen LogP contribution is -2.49. The zero-order chi connectivity index (χ0) is 20.3. The van der Waals surface area contributed by atoms with Gasteiger partial charge < -0.3 is 10.2 Å². The Kier molecular flexibility index (Phi) is 6.29. The van der Waals surface area contributed by atoms with Crippen molar-refractivity contribution >= 4 is 11.6 Å². The summed E-state index contributed by atoms with van der Waals surface area (Å²) in [6, 6.07) is 9.24. The van der Waals surface area contributed by atoms with Crippen molar-refractivity contribution in [3.8, 4) is 0 Å². The second kappa shape index (κ2) is 8.69. The molecule has 28 heavy (non-hydrogen) atoms. The van der Waals surface area contributed by atoms with Gasteiger partial charge in [-0.2, -0.15) is 0 Å². The molecule has 0 bridgehead atoms. The maximum absolute atomic E-state index is 13.9. The molecule has 4 nitrogen and oxygen atoms in total. The molecule has 1 saturated heterocycles. The number of amides is 1. The summed E-state index contributed by atoms with van der Waals surface area (Å²) in [7, 11) is 0. The first-order chi connectivity index (χ1) is 13.3. The number of nitrogens with zero attached hydrogens (tertiary/aromatic N) is 2. The van der Waals surface area contributed by atoms with Crippen LogP contribution in [-0.4, -0.2) is 43.5 Å². The van der Waals surface area contributed by atoms with E-state index < -0.39 is 17.7 Å². The third-order valence-corrected chi connectivity index (χ3v) is 5.46. The lowest BCUT2D eigenvalue weighted by Gasteiger charge is -2.36. The van der Waals surface area contributed by atoms with Crippen LogP contribution < -0.4 is 10.2 Å². The summed E-state index contributed by atoms with van der Waals surface area (Å²) < 4.78 is 26.9. The standard InChI is InChI=1S/C22H27F2N3O/c1-15-5-4-6-21(16(15)2)27-11-9-26(10-12-27)14-22(28)25-17(3)19-8-7-18(23)13-20(19)24/h4-8,13,17H,9-12,14H2,1-3H3,(H,25,28)/t17-/m1/s1. The van der Waals surface area contributed by atoms with Crippen LogP contribution in [0.5, 0.6) is 0 Å². The zero-order valence-electron chi connectivity index (χ0n) is 16.6. The Bertz CT molecular complexity index is 848. The number of rotatable bonds is 5. The SMILES string of the molecule is Cc1cccc(N2CCN(CC(=O)N[C@H](C)c3ccc(F)cc3F)CC2)c1C. The lowest BCUT2D eigenvalue weighted by atomic mass is 10.1. The van der Waals surface area contributed by atoms with Crippen LogP contribution in [0.15, 0.2) is 36.4 Å². The largest absolute Gasteiger partial charge is 0.369 e. The van der Waals surface area contributed by atoms with Crippen molar-refractivity contribution in [2.75, 3.05) is 37.6 Å². The van der Waals surface area contributed by atoms with Gasteiger partial charge in [0.1, 0.15) is 11.6 Å². The highest BCUT2D eigenvalue weighted by atomic mass is 19.1. The average molecular weight is 387 g/mol. The Morgan fingerprint density at radius 3 is 2.50 bits per heavy atom. The fraction of sp³-hybridized carbons (Fsp3) is 0.409. The Hall–Kier alpha value is -2.47. The molecule has 1 N–H and O–H groups in total. The molecule has 1 aliphatic heterocycles. The van der Waals surface area contributed by atoms with Gasteiger partial charge in [0.2, 0.25) is 5.91 Å². The van der Waals surface area contributed by atoms with Crippen molar-refractivity contribution in [2.45, 2.75) is 26.8 Å². The second-order valence-corrected chi connectivity index (χ2v) is 7.44. The molecule has 3 rings (SSSR count). The highest BCUT2D eigenvalue weighted by molar-refractivity contribution is 5.78. The van der Waals surface area contributed by atoms with Gasteiger partial charge in [0.25, 0.3) is 0 Å². The molecule has 0 aromatic heterocycles. The molecule has 6 heteroatoms. The molecule has 1 fully saturated rings. The first kappa shape index (κ1) is 20.3. The molecule has 1 amide bonds. The minimum Gasteiger partial charge on any atom is -0.369 e. The van der Waals surface area contributed by atoms with Crippen LogP contribution >= 0.6 is 0 Å². The molecular formula is C22H27F2N3O. The summed E-state index contributed by atoms with van der Waals surface area (Å²) in [4.78, 5) is 16.8. The van der Waals surface area contributed by atoms with E-state index >= 15 is 0 Å². The van der Waals surface area contributed by atoms with Crippen LogP contribution in [0, 0.1) is 25.5 Å². The fourth-order valence-corrected chi connectivity index (χ4v) is 3.65. The molecule has 0 aliphatic carbocycles. The summed E-state index contributed by atoms with van der Waals surface area (Å²) in [5, 5.41) is 2.81. The van der Waals surface area contributed by atoms with Crippen LogP contribution in [0.3, 0.4) is 0 Å².